The molecule has 0 amide bonds. The molecular formula is C23H28N2O4. The van der Waals surface area contributed by atoms with Gasteiger partial charge in [-0.25, -0.2) is 0 Å². The molecule has 2 aromatic carbocycles. The first-order valence-corrected chi connectivity index (χ1v) is 9.96. The highest BCUT2D eigenvalue weighted by atomic mass is 16.6. The van der Waals surface area contributed by atoms with E-state index >= 15 is 0 Å². The number of nitrogens with one attached hydrogen (secondary N) is 1. The van der Waals surface area contributed by atoms with Crippen LogP contribution in [0.3, 0.4) is 0 Å². The Balaban J connectivity index is 1.29. The van der Waals surface area contributed by atoms with Gasteiger partial charge in [0.1, 0.15) is 24.2 Å². The SMILES string of the molecule is COc1ccc2c(c1)OC(CN(C)CCCc1c[nH]c3ccc(OC)cc13)CO2. The summed E-state index contributed by atoms with van der Waals surface area (Å²) >= 11 is 0. The number of aromatic nitrogens is 1. The zero-order valence-corrected chi connectivity index (χ0v) is 17.2. The van der Waals surface area contributed by atoms with Crippen LogP contribution in [-0.2, 0) is 6.42 Å². The van der Waals surface area contributed by atoms with Crippen LogP contribution < -0.4 is 18.9 Å². The third kappa shape index (κ3) is 4.43. The quantitative estimate of drug-likeness (QED) is 0.626. The van der Waals surface area contributed by atoms with Crippen LogP contribution in [0.25, 0.3) is 10.9 Å². The van der Waals surface area contributed by atoms with Gasteiger partial charge in [0.05, 0.1) is 14.2 Å². The smallest absolute Gasteiger partial charge is 0.165 e. The number of hydrogen-bond donors (Lipinski definition) is 1. The molecule has 3 aromatic rings. The lowest BCUT2D eigenvalue weighted by molar-refractivity contribution is 0.0649. The predicted molar refractivity (Wildman–Crippen MR) is 114 cm³/mol. The van der Waals surface area contributed by atoms with Gasteiger partial charge in [-0.1, -0.05) is 0 Å². The van der Waals surface area contributed by atoms with Crippen LogP contribution in [-0.4, -0.2) is 57.0 Å². The summed E-state index contributed by atoms with van der Waals surface area (Å²) in [4.78, 5) is 5.65. The predicted octanol–water partition coefficient (Wildman–Crippen LogP) is 3.89. The molecule has 1 atom stereocenters. The van der Waals surface area contributed by atoms with Crippen LogP contribution in [0.1, 0.15) is 12.0 Å². The number of nitrogens with zero attached hydrogens (tertiary/aromatic N) is 1. The minimum absolute atomic E-state index is 0.0111. The molecule has 0 aliphatic carbocycles. The van der Waals surface area contributed by atoms with E-state index in [0.717, 1.165) is 54.4 Å². The maximum Gasteiger partial charge on any atom is 0.165 e. The molecule has 154 valence electrons. The van der Waals surface area contributed by atoms with Crippen molar-refractivity contribution < 1.29 is 18.9 Å². The number of methoxy groups -OCH3 is 2. The molecule has 2 heterocycles. The highest BCUT2D eigenvalue weighted by Gasteiger charge is 2.22. The first kappa shape index (κ1) is 19.5. The summed E-state index contributed by atoms with van der Waals surface area (Å²) in [6.45, 7) is 2.37. The van der Waals surface area contributed by atoms with Crippen molar-refractivity contribution in [2.75, 3.05) is 41.0 Å². The molecule has 0 fully saturated rings. The Bertz CT molecular complexity index is 969. The molecule has 0 radical (unpaired) electrons. The van der Waals surface area contributed by atoms with E-state index in [1.165, 1.54) is 10.9 Å². The van der Waals surface area contributed by atoms with Crippen molar-refractivity contribution >= 4 is 10.9 Å². The monoisotopic (exact) mass is 396 g/mol. The molecule has 0 bridgehead atoms. The number of H-pyrrole nitrogens is 1. The molecule has 0 spiro atoms. The van der Waals surface area contributed by atoms with Gasteiger partial charge in [0.15, 0.2) is 11.5 Å². The number of aromatic amines is 1. The third-order valence-corrected chi connectivity index (χ3v) is 5.35. The molecule has 1 aliphatic heterocycles. The average molecular weight is 396 g/mol. The molecule has 0 saturated heterocycles. The maximum atomic E-state index is 6.11. The molecular weight excluding hydrogens is 368 g/mol. The number of hydrogen-bond acceptors (Lipinski definition) is 5. The maximum absolute atomic E-state index is 6.11. The van der Waals surface area contributed by atoms with Crippen LogP contribution in [0.15, 0.2) is 42.6 Å². The second-order valence-corrected chi connectivity index (χ2v) is 7.45. The Kier molecular flexibility index (Phi) is 5.81. The van der Waals surface area contributed by atoms with Gasteiger partial charge in [0.2, 0.25) is 0 Å². The number of benzene rings is 2. The molecule has 1 N–H and O–H groups in total. The van der Waals surface area contributed by atoms with E-state index in [-0.39, 0.29) is 6.10 Å². The van der Waals surface area contributed by atoms with Crippen molar-refractivity contribution in [2.24, 2.45) is 0 Å². The summed E-state index contributed by atoms with van der Waals surface area (Å²) in [5.41, 5.74) is 2.47. The van der Waals surface area contributed by atoms with Crippen LogP contribution in [0.5, 0.6) is 23.0 Å². The Labute approximate surface area is 171 Å². The Hall–Kier alpha value is -2.86. The molecule has 6 nitrogen and oxygen atoms in total. The second-order valence-electron chi connectivity index (χ2n) is 7.45. The lowest BCUT2D eigenvalue weighted by Gasteiger charge is -2.29. The van der Waals surface area contributed by atoms with Crippen molar-refractivity contribution in [3.05, 3.63) is 48.2 Å². The van der Waals surface area contributed by atoms with Gasteiger partial charge < -0.3 is 28.8 Å². The van der Waals surface area contributed by atoms with Gasteiger partial charge in [0.25, 0.3) is 0 Å². The lowest BCUT2D eigenvalue weighted by Crippen LogP contribution is -2.39. The summed E-state index contributed by atoms with van der Waals surface area (Å²) in [5, 5.41) is 1.24. The highest BCUT2D eigenvalue weighted by molar-refractivity contribution is 5.84. The fourth-order valence-corrected chi connectivity index (χ4v) is 3.78. The third-order valence-electron chi connectivity index (χ3n) is 5.35. The number of likely N-dealkylation sites (N-methyl/N-ethyl adjacent to an activating group) is 1. The lowest BCUT2D eigenvalue weighted by atomic mass is 10.1. The molecule has 1 unspecified atom stereocenters. The largest absolute Gasteiger partial charge is 0.497 e. The van der Waals surface area contributed by atoms with Gasteiger partial charge in [-0.05, 0) is 62.3 Å². The van der Waals surface area contributed by atoms with E-state index in [2.05, 4.69) is 35.3 Å². The summed E-state index contributed by atoms with van der Waals surface area (Å²) in [6.07, 6.45) is 4.20. The zero-order valence-electron chi connectivity index (χ0n) is 17.2. The Morgan fingerprint density at radius 3 is 2.69 bits per heavy atom. The van der Waals surface area contributed by atoms with Crippen molar-refractivity contribution in [3.8, 4) is 23.0 Å². The number of ether oxygens (including phenoxy) is 4. The molecule has 1 aromatic heterocycles. The summed E-state index contributed by atoms with van der Waals surface area (Å²) in [5.74, 6) is 3.19. The van der Waals surface area contributed by atoms with E-state index in [9.17, 15) is 0 Å². The number of aryl methyl sites for hydroxylation is 1. The fourth-order valence-electron chi connectivity index (χ4n) is 3.78. The van der Waals surface area contributed by atoms with Crippen LogP contribution in [0, 0.1) is 0 Å². The summed E-state index contributed by atoms with van der Waals surface area (Å²) < 4.78 is 22.6. The van der Waals surface area contributed by atoms with Gasteiger partial charge in [0, 0.05) is 29.7 Å². The van der Waals surface area contributed by atoms with E-state index in [4.69, 9.17) is 18.9 Å². The second kappa shape index (κ2) is 8.66. The average Bonchev–Trinajstić information content (AvgIpc) is 3.15. The summed E-state index contributed by atoms with van der Waals surface area (Å²) in [7, 11) is 5.48. The van der Waals surface area contributed by atoms with Crippen LogP contribution in [0.2, 0.25) is 0 Å². The van der Waals surface area contributed by atoms with Crippen LogP contribution >= 0.6 is 0 Å². The molecule has 6 heteroatoms. The number of fused-ring (bicyclic) bond motifs is 2. The first-order chi connectivity index (χ1) is 14.2. The van der Waals surface area contributed by atoms with E-state index < -0.39 is 0 Å². The minimum Gasteiger partial charge on any atom is -0.497 e. The molecule has 0 saturated carbocycles. The van der Waals surface area contributed by atoms with Crippen molar-refractivity contribution in [1.29, 1.82) is 0 Å². The molecule has 29 heavy (non-hydrogen) atoms. The van der Waals surface area contributed by atoms with Gasteiger partial charge in [-0.2, -0.15) is 0 Å². The minimum atomic E-state index is 0.0111. The van der Waals surface area contributed by atoms with E-state index in [1.807, 2.05) is 24.3 Å². The van der Waals surface area contributed by atoms with Gasteiger partial charge in [-0.15, -0.1) is 0 Å². The Morgan fingerprint density at radius 1 is 1.07 bits per heavy atom. The Morgan fingerprint density at radius 2 is 1.86 bits per heavy atom. The van der Waals surface area contributed by atoms with Crippen LogP contribution in [0.4, 0.5) is 0 Å². The number of rotatable bonds is 8. The normalized spacial score (nSPS) is 15.7. The van der Waals surface area contributed by atoms with Crippen molar-refractivity contribution in [1.82, 2.24) is 9.88 Å². The van der Waals surface area contributed by atoms with Gasteiger partial charge >= 0.3 is 0 Å². The zero-order chi connectivity index (χ0) is 20.2. The fraction of sp³-hybridized carbons (Fsp3) is 0.391. The highest BCUT2D eigenvalue weighted by Crippen LogP contribution is 2.35. The summed E-state index contributed by atoms with van der Waals surface area (Å²) in [6, 6.07) is 11.8. The van der Waals surface area contributed by atoms with E-state index in [1.54, 1.807) is 14.2 Å². The topological polar surface area (TPSA) is 56.0 Å². The van der Waals surface area contributed by atoms with Crippen molar-refractivity contribution in [2.45, 2.75) is 18.9 Å². The first-order valence-electron chi connectivity index (χ1n) is 9.96. The van der Waals surface area contributed by atoms with E-state index in [0.29, 0.717) is 6.61 Å². The standard InChI is InChI=1S/C23H28N2O4/c1-25(14-19-15-28-22-9-7-18(27-3)12-23(22)29-19)10-4-5-16-13-24-21-8-6-17(26-2)11-20(16)21/h6-9,11-13,19,24H,4-5,10,14-15H2,1-3H3. The molecule has 4 rings (SSSR count). The van der Waals surface area contributed by atoms with Gasteiger partial charge in [-0.3, -0.25) is 0 Å². The van der Waals surface area contributed by atoms with Crippen molar-refractivity contribution in [3.63, 3.8) is 0 Å². The molecule has 1 aliphatic rings.